The minimum Gasteiger partial charge on any atom is -0.494 e. The second-order valence-corrected chi connectivity index (χ2v) is 11.0. The van der Waals surface area contributed by atoms with Gasteiger partial charge in [0.2, 0.25) is 0 Å². The summed E-state index contributed by atoms with van der Waals surface area (Å²) in [6.45, 7) is 4.48. The van der Waals surface area contributed by atoms with E-state index in [1.807, 2.05) is 12.1 Å². The van der Waals surface area contributed by atoms with Crippen molar-refractivity contribution < 1.29 is 33.6 Å². The highest BCUT2D eigenvalue weighted by Crippen LogP contribution is 2.31. The van der Waals surface area contributed by atoms with Gasteiger partial charge in [-0.15, -0.1) is 0 Å². The third kappa shape index (κ3) is 10.9. The molecule has 0 radical (unpaired) electrons. The van der Waals surface area contributed by atoms with Crippen LogP contribution in [-0.2, 0) is 14.4 Å². The minimum absolute atomic E-state index is 0.0257. The van der Waals surface area contributed by atoms with E-state index < -0.39 is 10.9 Å². The molecule has 10 heteroatoms. The van der Waals surface area contributed by atoms with Gasteiger partial charge in [-0.3, -0.25) is 10.1 Å². The molecule has 0 aromatic heterocycles. The fourth-order valence-electron chi connectivity index (χ4n) is 4.97. The van der Waals surface area contributed by atoms with Crippen molar-refractivity contribution in [1.29, 1.82) is 0 Å². The summed E-state index contributed by atoms with van der Waals surface area (Å²) in [6.07, 6.45) is 11.4. The Morgan fingerprint density at radius 2 is 1.41 bits per heavy atom. The van der Waals surface area contributed by atoms with Gasteiger partial charge in [-0.25, -0.2) is 9.59 Å². The molecule has 1 atom stereocenters. The fourth-order valence-corrected chi connectivity index (χ4v) is 4.97. The normalized spacial score (nSPS) is 13.7. The summed E-state index contributed by atoms with van der Waals surface area (Å²) in [4.78, 5) is 39.6. The van der Waals surface area contributed by atoms with Crippen molar-refractivity contribution >= 4 is 23.3 Å². The van der Waals surface area contributed by atoms with Gasteiger partial charge in [0, 0.05) is 24.6 Å². The molecule has 46 heavy (non-hydrogen) atoms. The Kier molecular flexibility index (Phi) is 13.3. The first-order valence-electron chi connectivity index (χ1n) is 15.7. The van der Waals surface area contributed by atoms with Crippen LogP contribution < -0.4 is 9.47 Å². The predicted molar refractivity (Wildman–Crippen MR) is 174 cm³/mol. The summed E-state index contributed by atoms with van der Waals surface area (Å²) in [7, 11) is 0. The molecule has 1 unspecified atom stereocenters. The smallest absolute Gasteiger partial charge is 0.343 e. The lowest BCUT2D eigenvalue weighted by atomic mass is 10.00. The summed E-state index contributed by atoms with van der Waals surface area (Å²) in [5, 5.41) is 15.1. The van der Waals surface area contributed by atoms with Crippen molar-refractivity contribution in [2.45, 2.75) is 70.3 Å². The molecule has 3 aromatic rings. The molecule has 10 nitrogen and oxygen atoms in total. The van der Waals surface area contributed by atoms with Crippen LogP contribution in [0.15, 0.2) is 90.6 Å². The van der Waals surface area contributed by atoms with Gasteiger partial charge in [-0.05, 0) is 84.6 Å². The number of hydrogen-bond donors (Lipinski definition) is 0. The van der Waals surface area contributed by atoms with Crippen LogP contribution >= 0.6 is 0 Å². The Morgan fingerprint density at radius 1 is 0.826 bits per heavy atom. The molecule has 0 saturated carbocycles. The number of hydrogen-bond acceptors (Lipinski definition) is 9. The summed E-state index contributed by atoms with van der Waals surface area (Å²) < 4.78 is 16.4. The molecular formula is C36H40N2O8. The van der Waals surface area contributed by atoms with Crippen molar-refractivity contribution in [2.24, 2.45) is 5.16 Å². The summed E-state index contributed by atoms with van der Waals surface area (Å²) >= 11 is 0. The van der Waals surface area contributed by atoms with E-state index in [1.165, 1.54) is 43.9 Å². The Bertz CT molecular complexity index is 1470. The maximum atomic E-state index is 12.7. The standard InChI is InChI=1S/C36H40N2O8/c1-2-35(39)44-25-11-9-7-5-3-4-6-8-10-24-43-31-20-16-29(17-21-31)36(40)45-32-22-14-27(15-23-32)33-26-34(46-37-33)28-12-18-30(19-13-28)38(41)42/h2,12-23,34H,1,3-11,24-26H2. The quantitative estimate of drug-likeness (QED) is 0.0324. The molecule has 1 heterocycles. The van der Waals surface area contributed by atoms with Crippen molar-refractivity contribution in [3.05, 3.63) is 112 Å². The Morgan fingerprint density at radius 3 is 2.02 bits per heavy atom. The first-order chi connectivity index (χ1) is 22.4. The van der Waals surface area contributed by atoms with Crippen molar-refractivity contribution in [3.63, 3.8) is 0 Å². The van der Waals surface area contributed by atoms with E-state index in [0.717, 1.165) is 48.9 Å². The molecule has 0 saturated heterocycles. The SMILES string of the molecule is C=CC(=O)OCCCCCCCCCCCOc1ccc(C(=O)Oc2ccc(C3=NOC(c4ccc([N+](=O)[O-])cc4)C3)cc2)cc1. The van der Waals surface area contributed by atoms with Gasteiger partial charge in [-0.1, -0.05) is 56.7 Å². The molecule has 1 aliphatic heterocycles. The van der Waals surface area contributed by atoms with E-state index in [0.29, 0.717) is 36.7 Å². The number of nitrogens with zero attached hydrogens (tertiary/aromatic N) is 2. The third-order valence-corrected chi connectivity index (χ3v) is 7.60. The number of ether oxygens (including phenoxy) is 3. The van der Waals surface area contributed by atoms with Crippen LogP contribution in [0.4, 0.5) is 5.69 Å². The lowest BCUT2D eigenvalue weighted by Crippen LogP contribution is -2.09. The Balaban J connectivity index is 1.08. The number of rotatable bonds is 19. The van der Waals surface area contributed by atoms with Gasteiger partial charge in [0.1, 0.15) is 11.5 Å². The Hall–Kier alpha value is -4.99. The largest absolute Gasteiger partial charge is 0.494 e. The highest BCUT2D eigenvalue weighted by molar-refractivity contribution is 6.01. The van der Waals surface area contributed by atoms with Crippen molar-refractivity contribution in [1.82, 2.24) is 0 Å². The Labute approximate surface area is 269 Å². The van der Waals surface area contributed by atoms with E-state index >= 15 is 0 Å². The lowest BCUT2D eigenvalue weighted by molar-refractivity contribution is -0.384. The highest BCUT2D eigenvalue weighted by atomic mass is 16.6. The predicted octanol–water partition coefficient (Wildman–Crippen LogP) is 8.30. The zero-order chi connectivity index (χ0) is 32.6. The summed E-state index contributed by atoms with van der Waals surface area (Å²) in [5.41, 5.74) is 2.84. The molecule has 0 bridgehead atoms. The monoisotopic (exact) mass is 628 g/mol. The van der Waals surface area contributed by atoms with Crippen LogP contribution in [0.1, 0.15) is 91.8 Å². The van der Waals surface area contributed by atoms with Gasteiger partial charge in [-0.2, -0.15) is 0 Å². The number of oxime groups is 1. The van der Waals surface area contributed by atoms with Gasteiger partial charge in [0.25, 0.3) is 5.69 Å². The molecule has 242 valence electrons. The number of benzene rings is 3. The average Bonchev–Trinajstić information content (AvgIpc) is 3.58. The molecule has 0 spiro atoms. The van der Waals surface area contributed by atoms with Crippen LogP contribution in [-0.4, -0.2) is 35.8 Å². The van der Waals surface area contributed by atoms with E-state index in [1.54, 1.807) is 48.5 Å². The van der Waals surface area contributed by atoms with E-state index in [-0.39, 0.29) is 17.8 Å². The van der Waals surface area contributed by atoms with Gasteiger partial charge >= 0.3 is 11.9 Å². The summed E-state index contributed by atoms with van der Waals surface area (Å²) in [6, 6.07) is 20.2. The van der Waals surface area contributed by atoms with Crippen LogP contribution in [0.5, 0.6) is 11.5 Å². The zero-order valence-corrected chi connectivity index (χ0v) is 25.9. The third-order valence-electron chi connectivity index (χ3n) is 7.60. The van der Waals surface area contributed by atoms with Crippen LogP contribution in [0, 0.1) is 10.1 Å². The van der Waals surface area contributed by atoms with Gasteiger partial charge in [0.15, 0.2) is 6.10 Å². The van der Waals surface area contributed by atoms with E-state index in [9.17, 15) is 19.7 Å². The van der Waals surface area contributed by atoms with E-state index in [4.69, 9.17) is 19.0 Å². The lowest BCUT2D eigenvalue weighted by Gasteiger charge is -2.09. The first-order valence-corrected chi connectivity index (χ1v) is 15.7. The molecule has 0 fully saturated rings. The van der Waals surface area contributed by atoms with Crippen LogP contribution in [0.2, 0.25) is 0 Å². The zero-order valence-electron chi connectivity index (χ0n) is 25.9. The topological polar surface area (TPSA) is 127 Å². The number of esters is 2. The first kappa shape index (κ1) is 33.9. The van der Waals surface area contributed by atoms with Gasteiger partial charge in [0.05, 0.1) is 29.4 Å². The van der Waals surface area contributed by atoms with Gasteiger partial charge < -0.3 is 19.0 Å². The second-order valence-electron chi connectivity index (χ2n) is 11.0. The molecule has 4 rings (SSSR count). The number of nitro groups is 1. The number of nitro benzene ring substituents is 1. The van der Waals surface area contributed by atoms with Crippen molar-refractivity contribution in [2.75, 3.05) is 13.2 Å². The average molecular weight is 629 g/mol. The number of carbonyl (C=O) groups excluding carboxylic acids is 2. The highest BCUT2D eigenvalue weighted by Gasteiger charge is 2.24. The molecule has 1 aliphatic rings. The van der Waals surface area contributed by atoms with E-state index in [2.05, 4.69) is 11.7 Å². The molecule has 0 amide bonds. The number of carbonyl (C=O) groups is 2. The number of unbranched alkanes of at least 4 members (excludes halogenated alkanes) is 8. The van der Waals surface area contributed by atoms with Crippen LogP contribution in [0.25, 0.3) is 0 Å². The maximum absolute atomic E-state index is 12.7. The maximum Gasteiger partial charge on any atom is 0.343 e. The minimum atomic E-state index is -0.463. The summed E-state index contributed by atoms with van der Waals surface area (Å²) in [5.74, 6) is 0.307. The molecule has 0 aliphatic carbocycles. The molecule has 3 aromatic carbocycles. The fraction of sp³-hybridized carbons (Fsp3) is 0.361. The second kappa shape index (κ2) is 18.1. The molecule has 0 N–H and O–H groups in total. The van der Waals surface area contributed by atoms with Crippen LogP contribution in [0.3, 0.4) is 0 Å². The van der Waals surface area contributed by atoms with Crippen molar-refractivity contribution in [3.8, 4) is 11.5 Å². The molecular weight excluding hydrogens is 588 g/mol. The number of non-ortho nitro benzene ring substituents is 1.